The molecule has 0 atom stereocenters. The topological polar surface area (TPSA) is 157 Å². The van der Waals surface area contributed by atoms with Crippen LogP contribution in [0.15, 0.2) is 72.8 Å². The van der Waals surface area contributed by atoms with Crippen molar-refractivity contribution < 1.29 is 17.7 Å². The number of nitrogen functional groups attached to an aromatic ring is 1. The Hall–Kier alpha value is -4.26. The van der Waals surface area contributed by atoms with Crippen LogP contribution in [0.1, 0.15) is 37.7 Å². The largest absolute Gasteiger partial charge is 0.494 e. The zero-order chi connectivity index (χ0) is 28.8. The molecule has 0 amide bonds. The van der Waals surface area contributed by atoms with Crippen LogP contribution in [0.3, 0.4) is 0 Å². The highest BCUT2D eigenvalue weighted by atomic mass is 32.2. The van der Waals surface area contributed by atoms with Crippen LogP contribution in [0.4, 0.5) is 11.8 Å². The van der Waals surface area contributed by atoms with Gasteiger partial charge in [0.25, 0.3) is 0 Å². The van der Waals surface area contributed by atoms with Crippen molar-refractivity contribution in [3.63, 3.8) is 0 Å². The summed E-state index contributed by atoms with van der Waals surface area (Å²) < 4.78 is 38.6. The van der Waals surface area contributed by atoms with Crippen molar-refractivity contribution in [2.45, 2.75) is 44.7 Å². The molecule has 11 nitrogen and oxygen atoms in total. The van der Waals surface area contributed by atoms with E-state index in [2.05, 4.69) is 27.2 Å². The molecule has 0 saturated heterocycles. The number of nitrogens with two attached hydrogens (primary N) is 1. The number of benzene rings is 3. The summed E-state index contributed by atoms with van der Waals surface area (Å²) in [5, 5.41) is 4.32. The number of ether oxygens (including phenoxy) is 1. The number of hydrogen-bond donors (Lipinski definition) is 4. The second kappa shape index (κ2) is 12.5. The SMILES string of the molecule is COc1cccc2c(NCc3ccccc3)nc(-n3c(N)nc4ccccc43)nc12.O=S(=O)(O)NC1CCCCC1. The fourth-order valence-electron chi connectivity index (χ4n) is 4.98. The molecule has 0 aliphatic heterocycles. The maximum absolute atomic E-state index is 10.3. The van der Waals surface area contributed by atoms with E-state index >= 15 is 0 Å². The number of para-hydroxylation sites is 3. The molecule has 0 spiro atoms. The predicted octanol–water partition coefficient (Wildman–Crippen LogP) is 4.88. The summed E-state index contributed by atoms with van der Waals surface area (Å²) in [4.78, 5) is 14.0. The molecule has 1 aliphatic rings. The smallest absolute Gasteiger partial charge is 0.333 e. The fraction of sp³-hybridized carbons (Fsp3) is 0.276. The van der Waals surface area contributed by atoms with Crippen LogP contribution in [-0.2, 0) is 16.8 Å². The average Bonchev–Trinajstić information content (AvgIpc) is 3.31. The number of imidazole rings is 1. The van der Waals surface area contributed by atoms with E-state index in [1.165, 1.54) is 6.42 Å². The van der Waals surface area contributed by atoms with E-state index in [1.807, 2.05) is 60.7 Å². The van der Waals surface area contributed by atoms with Crippen molar-refractivity contribution in [3.8, 4) is 11.7 Å². The van der Waals surface area contributed by atoms with Crippen LogP contribution in [0.25, 0.3) is 27.9 Å². The predicted molar refractivity (Wildman–Crippen MR) is 160 cm³/mol. The van der Waals surface area contributed by atoms with Crippen molar-refractivity contribution >= 4 is 44.0 Å². The molecular weight excluding hydrogens is 542 g/mol. The van der Waals surface area contributed by atoms with Crippen LogP contribution >= 0.6 is 0 Å². The second-order valence-corrected chi connectivity index (χ2v) is 11.0. The highest BCUT2D eigenvalue weighted by molar-refractivity contribution is 7.83. The third-order valence-electron chi connectivity index (χ3n) is 6.91. The zero-order valence-corrected chi connectivity index (χ0v) is 23.5. The van der Waals surface area contributed by atoms with E-state index in [0.717, 1.165) is 47.7 Å². The molecule has 1 saturated carbocycles. The summed E-state index contributed by atoms with van der Waals surface area (Å²) in [5.41, 5.74) is 9.73. The Morgan fingerprint density at radius 3 is 2.41 bits per heavy atom. The summed E-state index contributed by atoms with van der Waals surface area (Å²) in [6, 6.07) is 23.6. The van der Waals surface area contributed by atoms with E-state index in [4.69, 9.17) is 25.0 Å². The molecule has 0 radical (unpaired) electrons. The van der Waals surface area contributed by atoms with Crippen molar-refractivity contribution in [2.75, 3.05) is 18.2 Å². The lowest BCUT2D eigenvalue weighted by Gasteiger charge is -2.20. The van der Waals surface area contributed by atoms with Gasteiger partial charge in [0.1, 0.15) is 17.1 Å². The summed E-state index contributed by atoms with van der Waals surface area (Å²) in [7, 11) is -2.34. The maximum Gasteiger partial charge on any atom is 0.333 e. The molecule has 1 fully saturated rings. The van der Waals surface area contributed by atoms with Crippen LogP contribution in [0.5, 0.6) is 5.75 Å². The molecule has 2 heterocycles. The van der Waals surface area contributed by atoms with Gasteiger partial charge in [-0.05, 0) is 42.7 Å². The molecule has 1 aliphatic carbocycles. The first-order valence-corrected chi connectivity index (χ1v) is 14.9. The molecular formula is C29H33N7O4S. The standard InChI is InChI=1S/C23H20N6O.C6H13NO3S/c1-30-19-13-7-10-16-20(19)27-23(28-21(16)25-14-15-8-3-2-4-9-15)29-18-12-6-5-11-17(18)26-22(29)24;8-11(9,10)7-6-4-2-1-3-5-6/h2-13H,14H2,1H3,(H2,24,26)(H,25,27,28);6-7H,1-5H2,(H,8,9,10). The monoisotopic (exact) mass is 575 g/mol. The number of aromatic nitrogens is 4. The summed E-state index contributed by atoms with van der Waals surface area (Å²) in [5.74, 6) is 2.14. The van der Waals surface area contributed by atoms with Crippen LogP contribution in [-0.4, -0.2) is 45.6 Å². The quantitative estimate of drug-likeness (QED) is 0.198. The molecule has 0 bridgehead atoms. The van der Waals surface area contributed by atoms with Gasteiger partial charge in [0, 0.05) is 18.0 Å². The van der Waals surface area contributed by atoms with E-state index < -0.39 is 10.3 Å². The van der Waals surface area contributed by atoms with Crippen molar-refractivity contribution in [3.05, 3.63) is 78.4 Å². The van der Waals surface area contributed by atoms with Crippen molar-refractivity contribution in [1.29, 1.82) is 0 Å². The van der Waals surface area contributed by atoms with Crippen molar-refractivity contribution in [2.24, 2.45) is 0 Å². The third-order valence-corrected chi connectivity index (χ3v) is 7.54. The minimum absolute atomic E-state index is 0.0428. The van der Waals surface area contributed by atoms with Gasteiger partial charge in [0.05, 0.1) is 18.1 Å². The molecule has 12 heteroatoms. The number of rotatable bonds is 7. The Bertz CT molecular complexity index is 1740. The minimum atomic E-state index is -3.97. The molecule has 6 rings (SSSR count). The average molecular weight is 576 g/mol. The van der Waals surface area contributed by atoms with E-state index in [0.29, 0.717) is 35.5 Å². The molecule has 2 aromatic heterocycles. The van der Waals surface area contributed by atoms with E-state index in [1.54, 1.807) is 11.7 Å². The number of fused-ring (bicyclic) bond motifs is 2. The number of nitrogens with one attached hydrogen (secondary N) is 2. The summed E-state index contributed by atoms with van der Waals surface area (Å²) in [6.07, 6.45) is 4.96. The first-order valence-electron chi connectivity index (χ1n) is 13.4. The van der Waals surface area contributed by atoms with Gasteiger partial charge in [-0.25, -0.2) is 14.5 Å². The molecule has 41 heavy (non-hydrogen) atoms. The summed E-state index contributed by atoms with van der Waals surface area (Å²) >= 11 is 0. The Morgan fingerprint density at radius 1 is 0.951 bits per heavy atom. The first kappa shape index (κ1) is 28.3. The molecule has 5 aromatic rings. The Kier molecular flexibility index (Phi) is 8.62. The van der Waals surface area contributed by atoms with Gasteiger partial charge in [-0.2, -0.15) is 18.1 Å². The molecule has 214 valence electrons. The van der Waals surface area contributed by atoms with Gasteiger partial charge in [0.2, 0.25) is 11.9 Å². The van der Waals surface area contributed by atoms with Crippen LogP contribution in [0, 0.1) is 0 Å². The zero-order valence-electron chi connectivity index (χ0n) is 22.7. The number of hydrogen-bond acceptors (Lipinski definition) is 8. The number of anilines is 2. The normalized spacial score (nSPS) is 14.0. The van der Waals surface area contributed by atoms with Gasteiger partial charge in [-0.15, -0.1) is 0 Å². The Morgan fingerprint density at radius 2 is 1.68 bits per heavy atom. The van der Waals surface area contributed by atoms with E-state index in [-0.39, 0.29) is 6.04 Å². The summed E-state index contributed by atoms with van der Waals surface area (Å²) in [6.45, 7) is 0.629. The van der Waals surface area contributed by atoms with Crippen LogP contribution < -0.4 is 20.5 Å². The van der Waals surface area contributed by atoms with Gasteiger partial charge in [-0.1, -0.05) is 67.8 Å². The van der Waals surface area contributed by atoms with Gasteiger partial charge in [-0.3, -0.25) is 4.55 Å². The molecule has 0 unspecified atom stereocenters. The van der Waals surface area contributed by atoms with Crippen LogP contribution in [0.2, 0.25) is 0 Å². The van der Waals surface area contributed by atoms with Gasteiger partial charge >= 0.3 is 10.3 Å². The maximum atomic E-state index is 10.3. The molecule has 3 aromatic carbocycles. The second-order valence-electron chi connectivity index (χ2n) is 9.79. The minimum Gasteiger partial charge on any atom is -0.494 e. The lowest BCUT2D eigenvalue weighted by molar-refractivity contribution is 0.389. The lowest BCUT2D eigenvalue weighted by Crippen LogP contribution is -2.35. The first-order chi connectivity index (χ1) is 19.8. The van der Waals surface area contributed by atoms with Gasteiger partial charge < -0.3 is 15.8 Å². The highest BCUT2D eigenvalue weighted by Crippen LogP contribution is 2.31. The van der Waals surface area contributed by atoms with E-state index in [9.17, 15) is 8.42 Å². The Balaban J connectivity index is 0.000000259. The van der Waals surface area contributed by atoms with Crippen molar-refractivity contribution in [1.82, 2.24) is 24.2 Å². The fourth-order valence-corrected chi connectivity index (χ4v) is 5.64. The Labute approximate surface area is 238 Å². The third kappa shape index (κ3) is 6.91. The highest BCUT2D eigenvalue weighted by Gasteiger charge is 2.18. The lowest BCUT2D eigenvalue weighted by atomic mass is 9.96. The molecule has 5 N–H and O–H groups in total. The van der Waals surface area contributed by atoms with Gasteiger partial charge in [0.15, 0.2) is 0 Å². The number of methoxy groups -OCH3 is 1. The number of nitrogens with zero attached hydrogens (tertiary/aromatic N) is 4.